The molecule has 0 saturated carbocycles. The summed E-state index contributed by atoms with van der Waals surface area (Å²) in [4.78, 5) is 11.3. The van der Waals surface area contributed by atoms with Crippen LogP contribution >= 0.6 is 0 Å². The van der Waals surface area contributed by atoms with E-state index in [-0.39, 0.29) is 0 Å². The molecule has 3 aliphatic rings. The molecule has 0 radical (unpaired) electrons. The summed E-state index contributed by atoms with van der Waals surface area (Å²) in [6, 6.07) is 0. The number of hydrogen-bond donors (Lipinski definition) is 8. The highest BCUT2D eigenvalue weighted by Gasteiger charge is 2.49. The topological polar surface area (TPSA) is 312 Å². The zero-order valence-corrected chi connectivity index (χ0v) is 24.1. The quantitative estimate of drug-likeness (QED) is 0.0915. The largest absolute Gasteiger partial charge is 0.475 e. The molecule has 3 heterocycles. The lowest BCUT2D eigenvalue weighted by atomic mass is 9.80. The van der Waals surface area contributed by atoms with Gasteiger partial charge in [0.15, 0.2) is 6.29 Å². The van der Waals surface area contributed by atoms with Gasteiger partial charge in [-0.3, -0.25) is 9.11 Å². The number of carbonyl (C=O) groups is 1. The molecule has 3 aliphatic heterocycles. The van der Waals surface area contributed by atoms with Gasteiger partial charge < -0.3 is 54.3 Å². The number of carboxylic acid groups (broad SMARTS) is 1. The maximum atomic E-state index is 11.3. The van der Waals surface area contributed by atoms with Crippen molar-refractivity contribution in [1.29, 1.82) is 0 Å². The molecule has 250 valence electrons. The van der Waals surface area contributed by atoms with Crippen molar-refractivity contribution >= 4 is 26.8 Å². The summed E-state index contributed by atoms with van der Waals surface area (Å²) in [5.74, 6) is -4.33. The molecule has 0 aromatic carbocycles. The highest BCUT2D eigenvalue weighted by Crippen LogP contribution is 2.35. The van der Waals surface area contributed by atoms with E-state index < -0.39 is 132 Å². The second-order valence-electron chi connectivity index (χ2n) is 10.1. The third-order valence-electron chi connectivity index (χ3n) is 7.07. The molecular formula is C21H34O20S2. The lowest BCUT2D eigenvalue weighted by Crippen LogP contribution is -2.60. The van der Waals surface area contributed by atoms with Gasteiger partial charge in [-0.05, 0) is 19.9 Å². The third kappa shape index (κ3) is 9.44. The Morgan fingerprint density at radius 1 is 0.791 bits per heavy atom. The van der Waals surface area contributed by atoms with E-state index in [2.05, 4.69) is 8.37 Å². The molecule has 8 N–H and O–H groups in total. The molecule has 0 aromatic rings. The lowest BCUT2D eigenvalue weighted by Gasteiger charge is -2.45. The molecule has 2 saturated heterocycles. The van der Waals surface area contributed by atoms with E-state index in [4.69, 9.17) is 32.8 Å². The van der Waals surface area contributed by atoms with Gasteiger partial charge in [-0.25, -0.2) is 13.2 Å². The van der Waals surface area contributed by atoms with Crippen molar-refractivity contribution < 1.29 is 93.4 Å². The number of aliphatic carboxylic acids is 1. The van der Waals surface area contributed by atoms with Gasteiger partial charge in [0.1, 0.15) is 36.6 Å². The molecular weight excluding hydrogens is 636 g/mol. The summed E-state index contributed by atoms with van der Waals surface area (Å²) in [6.45, 7) is 0.863. The van der Waals surface area contributed by atoms with Crippen LogP contribution in [0.4, 0.5) is 0 Å². The van der Waals surface area contributed by atoms with Crippen molar-refractivity contribution in [3.05, 3.63) is 11.8 Å². The fourth-order valence-corrected chi connectivity index (χ4v) is 5.62. The van der Waals surface area contributed by atoms with Crippen LogP contribution in [0.3, 0.4) is 0 Å². The number of aliphatic hydroxyl groups is 5. The Morgan fingerprint density at radius 3 is 1.98 bits per heavy atom. The minimum Gasteiger partial charge on any atom is -0.475 e. The maximum absolute atomic E-state index is 11.3. The predicted octanol–water partition coefficient (Wildman–Crippen LogP) is -4.08. The molecule has 0 amide bonds. The average Bonchev–Trinajstić information content (AvgIpc) is 2.88. The van der Waals surface area contributed by atoms with Crippen molar-refractivity contribution in [2.75, 3.05) is 19.8 Å². The number of rotatable bonds is 12. The van der Waals surface area contributed by atoms with Crippen LogP contribution in [-0.2, 0) is 57.6 Å². The Balaban J connectivity index is 1.80. The van der Waals surface area contributed by atoms with E-state index in [0.29, 0.717) is 0 Å². The fraction of sp³-hybridized carbons (Fsp3) is 0.857. The van der Waals surface area contributed by atoms with Gasteiger partial charge in [-0.1, -0.05) is 0 Å². The Hall–Kier alpha value is -1.61. The molecule has 0 spiro atoms. The predicted molar refractivity (Wildman–Crippen MR) is 132 cm³/mol. The maximum Gasteiger partial charge on any atom is 0.397 e. The molecule has 0 aromatic heterocycles. The van der Waals surface area contributed by atoms with Gasteiger partial charge in [0.05, 0.1) is 38.1 Å². The highest BCUT2D eigenvalue weighted by atomic mass is 32.3. The zero-order chi connectivity index (χ0) is 32.4. The lowest BCUT2D eigenvalue weighted by molar-refractivity contribution is -0.300. The second-order valence-corrected chi connectivity index (χ2v) is 12.2. The van der Waals surface area contributed by atoms with E-state index >= 15 is 0 Å². The van der Waals surface area contributed by atoms with Gasteiger partial charge in [0.2, 0.25) is 12.0 Å². The summed E-state index contributed by atoms with van der Waals surface area (Å²) < 4.78 is 98.4. The van der Waals surface area contributed by atoms with E-state index in [1.54, 1.807) is 0 Å². The van der Waals surface area contributed by atoms with Gasteiger partial charge in [0, 0.05) is 11.8 Å². The summed E-state index contributed by atoms with van der Waals surface area (Å²) >= 11 is 0. The molecule has 2 fully saturated rings. The molecule has 0 aliphatic carbocycles. The van der Waals surface area contributed by atoms with Crippen LogP contribution in [-0.4, -0.2) is 150 Å². The first-order valence-corrected chi connectivity index (χ1v) is 15.4. The van der Waals surface area contributed by atoms with Crippen molar-refractivity contribution in [3.63, 3.8) is 0 Å². The molecule has 0 bridgehead atoms. The van der Waals surface area contributed by atoms with Gasteiger partial charge in [-0.2, -0.15) is 16.8 Å². The Bertz CT molecular complexity index is 1210. The highest BCUT2D eigenvalue weighted by molar-refractivity contribution is 7.81. The van der Waals surface area contributed by atoms with Crippen LogP contribution in [0.2, 0.25) is 0 Å². The molecule has 9 unspecified atom stereocenters. The summed E-state index contributed by atoms with van der Waals surface area (Å²) in [5.41, 5.74) is 0. The van der Waals surface area contributed by atoms with Crippen molar-refractivity contribution in [2.45, 2.75) is 81.4 Å². The van der Waals surface area contributed by atoms with Gasteiger partial charge in [0.25, 0.3) is 0 Å². The Labute approximate surface area is 245 Å². The van der Waals surface area contributed by atoms with Crippen molar-refractivity contribution in [2.24, 2.45) is 11.8 Å². The van der Waals surface area contributed by atoms with Gasteiger partial charge in [-0.15, -0.1) is 0 Å². The number of ether oxygens (including phenoxy) is 5. The molecule has 20 nitrogen and oxygen atoms in total. The fourth-order valence-electron chi connectivity index (χ4n) is 4.81. The van der Waals surface area contributed by atoms with Crippen LogP contribution in [0.5, 0.6) is 0 Å². The van der Waals surface area contributed by atoms with E-state index in [9.17, 15) is 52.3 Å². The first kappa shape index (κ1) is 35.9. The molecule has 3 rings (SSSR count). The van der Waals surface area contributed by atoms with Crippen molar-refractivity contribution in [3.8, 4) is 0 Å². The number of aliphatic hydroxyl groups excluding tert-OH is 5. The first-order valence-electron chi connectivity index (χ1n) is 12.6. The van der Waals surface area contributed by atoms with E-state index in [0.717, 1.165) is 6.08 Å². The third-order valence-corrected chi connectivity index (χ3v) is 7.97. The standard InChI is InChI=1S/C21H34O20S2/c1-7-9(4-35-20-16(25)11(22)3-12(40-20)19(27)28)10(15(24)13(38-7)6-37-42(29,30)31)5-36-21-17(26)18(41-43(32,33)34)14(23)8(2)39-21/h3,7-11,13-18,20-26H,4-6H2,1-2H3,(H,27,28)(H,29,30,31)(H,32,33,34)/t7?,8?,9?,10?,11?,13?,14-,15+,16?,17?,18?,20+,21+/m0/s1. The van der Waals surface area contributed by atoms with E-state index in [1.165, 1.54) is 13.8 Å². The SMILES string of the molecule is CC1OC(COS(=O)(=O)O)[C@H](O)C(CO[C@@H]2OC(C)[C@H](O)C(OS(=O)(=O)O)C2O)C1CO[C@@H]1OC(C(=O)O)=CC(O)C1O. The van der Waals surface area contributed by atoms with Crippen LogP contribution in [0.15, 0.2) is 11.8 Å². The minimum atomic E-state index is -5.14. The monoisotopic (exact) mass is 670 g/mol. The minimum absolute atomic E-state index is 0.461. The van der Waals surface area contributed by atoms with Gasteiger partial charge >= 0.3 is 26.8 Å². The molecule has 43 heavy (non-hydrogen) atoms. The number of carboxylic acids is 1. The molecule has 22 heteroatoms. The molecule has 13 atom stereocenters. The Morgan fingerprint density at radius 2 is 1.40 bits per heavy atom. The normalized spacial score (nSPS) is 40.9. The summed E-state index contributed by atoms with van der Waals surface area (Å²) in [7, 11) is -10.1. The van der Waals surface area contributed by atoms with Crippen LogP contribution in [0.25, 0.3) is 0 Å². The summed E-state index contributed by atoms with van der Waals surface area (Å²) in [6.07, 6.45) is -16.8. The average molecular weight is 671 g/mol. The van der Waals surface area contributed by atoms with Crippen molar-refractivity contribution in [1.82, 2.24) is 0 Å². The van der Waals surface area contributed by atoms with E-state index in [1.807, 2.05) is 0 Å². The van der Waals surface area contributed by atoms with Crippen LogP contribution < -0.4 is 0 Å². The van der Waals surface area contributed by atoms with Crippen LogP contribution in [0, 0.1) is 11.8 Å². The van der Waals surface area contributed by atoms with Crippen LogP contribution in [0.1, 0.15) is 13.8 Å². The summed E-state index contributed by atoms with van der Waals surface area (Å²) in [5, 5.41) is 61.1. The first-order chi connectivity index (χ1) is 19.8. The number of hydrogen-bond acceptors (Lipinski definition) is 17. The zero-order valence-electron chi connectivity index (χ0n) is 22.5. The smallest absolute Gasteiger partial charge is 0.397 e. The second kappa shape index (κ2) is 14.2. The Kier molecular flexibility index (Phi) is 11.9.